The van der Waals surface area contributed by atoms with Gasteiger partial charge in [-0.15, -0.1) is 0 Å². The van der Waals surface area contributed by atoms with Gasteiger partial charge in [0.15, 0.2) is 6.10 Å². The quantitative estimate of drug-likeness (QED) is 0.138. The van der Waals surface area contributed by atoms with Crippen molar-refractivity contribution >= 4 is 29.4 Å². The average molecular weight is 563 g/mol. The summed E-state index contributed by atoms with van der Waals surface area (Å²) in [6.07, 6.45) is -2.28. The molecule has 0 fully saturated rings. The van der Waals surface area contributed by atoms with Gasteiger partial charge >= 0.3 is 5.97 Å². The molecule has 0 aliphatic rings. The van der Waals surface area contributed by atoms with Crippen molar-refractivity contribution in [3.05, 3.63) is 112 Å². The number of amides is 3. The smallest absolute Gasteiger partial charge is 0.306 e. The summed E-state index contributed by atoms with van der Waals surface area (Å²) in [5.41, 5.74) is 6.40. The van der Waals surface area contributed by atoms with Crippen molar-refractivity contribution in [2.45, 2.75) is 37.5 Å². The third-order valence-electron chi connectivity index (χ3n) is 6.30. The highest BCUT2D eigenvalue weighted by Crippen LogP contribution is 2.27. The van der Waals surface area contributed by atoms with Crippen molar-refractivity contribution in [3.63, 3.8) is 0 Å². The molecule has 0 saturated heterocycles. The van der Waals surface area contributed by atoms with Gasteiger partial charge in [-0.2, -0.15) is 0 Å². The van der Waals surface area contributed by atoms with E-state index < -0.39 is 59.1 Å². The summed E-state index contributed by atoms with van der Waals surface area (Å²) >= 11 is 0. The molecule has 12 nitrogen and oxygen atoms in total. The van der Waals surface area contributed by atoms with Crippen LogP contribution in [0.3, 0.4) is 0 Å². The highest BCUT2D eigenvalue weighted by molar-refractivity contribution is 5.95. The van der Waals surface area contributed by atoms with Crippen molar-refractivity contribution in [1.82, 2.24) is 10.6 Å². The number of rotatable bonds is 13. The molecule has 3 rings (SSSR count). The summed E-state index contributed by atoms with van der Waals surface area (Å²) in [6, 6.07) is 18.8. The Morgan fingerprint density at radius 3 is 2.02 bits per heavy atom. The molecule has 0 unspecified atom stereocenters. The molecule has 0 radical (unpaired) electrons. The number of carbonyl (C=O) groups is 4. The largest absolute Gasteiger partial charge is 0.466 e. The van der Waals surface area contributed by atoms with Gasteiger partial charge in [0.2, 0.25) is 5.91 Å². The number of primary amides is 1. The minimum Gasteiger partial charge on any atom is -0.466 e. The van der Waals surface area contributed by atoms with E-state index in [0.717, 1.165) is 0 Å². The summed E-state index contributed by atoms with van der Waals surface area (Å²) in [7, 11) is 0. The zero-order chi connectivity index (χ0) is 29.9. The van der Waals surface area contributed by atoms with Crippen molar-refractivity contribution in [2.75, 3.05) is 6.61 Å². The maximum Gasteiger partial charge on any atom is 0.306 e. The van der Waals surface area contributed by atoms with Crippen molar-refractivity contribution in [1.29, 1.82) is 0 Å². The molecular formula is C29H30N4O8. The van der Waals surface area contributed by atoms with Crippen molar-refractivity contribution in [3.8, 4) is 0 Å². The Morgan fingerprint density at radius 1 is 0.902 bits per heavy atom. The number of nitro groups is 1. The normalized spacial score (nSPS) is 13.6. The molecule has 5 N–H and O–H groups in total. The zero-order valence-corrected chi connectivity index (χ0v) is 22.1. The van der Waals surface area contributed by atoms with Gasteiger partial charge in [0, 0.05) is 23.6 Å². The molecule has 12 heteroatoms. The van der Waals surface area contributed by atoms with Crippen LogP contribution in [0.5, 0.6) is 0 Å². The first-order valence-electron chi connectivity index (χ1n) is 12.7. The van der Waals surface area contributed by atoms with E-state index in [1.165, 1.54) is 24.3 Å². The first-order chi connectivity index (χ1) is 19.6. The van der Waals surface area contributed by atoms with Crippen LogP contribution in [-0.4, -0.2) is 52.5 Å². The third kappa shape index (κ3) is 8.19. The van der Waals surface area contributed by atoms with E-state index in [-0.39, 0.29) is 12.3 Å². The maximum absolute atomic E-state index is 13.4. The first-order valence-corrected chi connectivity index (χ1v) is 12.7. The lowest BCUT2D eigenvalue weighted by molar-refractivity contribution is -0.384. The Balaban J connectivity index is 1.91. The number of carbonyl (C=O) groups excluding carboxylic acids is 4. The fraction of sp³-hybridized carbons (Fsp3) is 0.241. The summed E-state index contributed by atoms with van der Waals surface area (Å²) in [5.74, 6) is -4.41. The molecule has 0 saturated carbocycles. The van der Waals surface area contributed by atoms with Gasteiger partial charge in [-0.25, -0.2) is 0 Å². The highest BCUT2D eigenvalue weighted by Gasteiger charge is 2.36. The number of benzene rings is 3. The lowest BCUT2D eigenvalue weighted by atomic mass is 9.87. The standard InChI is InChI=1S/C29H30N4O8/c1-2-41-23(34)17-22(18-13-15-21(16-14-18)33(39)40)25(27(30)36)32-29(38)26(35)24(19-9-5-3-6-10-19)31-28(37)20-11-7-4-8-12-20/h3-16,22,24-26,35H,2,17H2,1H3,(H2,30,36)(H,31,37)(H,32,38)/t22-,24+,25-,26-/m1/s1. The fourth-order valence-electron chi connectivity index (χ4n) is 4.25. The van der Waals surface area contributed by atoms with Crippen LogP contribution in [0.1, 0.15) is 46.8 Å². The Hall–Kier alpha value is -5.10. The third-order valence-corrected chi connectivity index (χ3v) is 6.30. The number of hydrogen-bond acceptors (Lipinski definition) is 8. The van der Waals surface area contributed by atoms with Crippen LogP contribution in [0.2, 0.25) is 0 Å². The van der Waals surface area contributed by atoms with Crippen molar-refractivity contribution < 1.29 is 33.9 Å². The number of nitrogens with two attached hydrogens (primary N) is 1. The molecular weight excluding hydrogens is 532 g/mol. The van der Waals surface area contributed by atoms with Crippen LogP contribution in [-0.2, 0) is 19.1 Å². The van der Waals surface area contributed by atoms with Crippen LogP contribution in [0.15, 0.2) is 84.9 Å². The molecule has 0 spiro atoms. The topological polar surface area (TPSA) is 191 Å². The molecule has 0 aliphatic carbocycles. The predicted octanol–water partition coefficient (Wildman–Crippen LogP) is 2.13. The van der Waals surface area contributed by atoms with Gasteiger partial charge < -0.3 is 26.2 Å². The van der Waals surface area contributed by atoms with Gasteiger partial charge in [-0.1, -0.05) is 60.7 Å². The van der Waals surface area contributed by atoms with Crippen molar-refractivity contribution in [2.24, 2.45) is 5.73 Å². The second kappa shape index (κ2) is 14.3. The predicted molar refractivity (Wildman–Crippen MR) is 147 cm³/mol. The molecule has 3 aromatic rings. The van der Waals surface area contributed by atoms with Gasteiger partial charge in [0.25, 0.3) is 17.5 Å². The number of aliphatic hydroxyl groups is 1. The van der Waals surface area contributed by atoms with E-state index in [9.17, 15) is 34.4 Å². The Labute approximate surface area is 235 Å². The van der Waals surface area contributed by atoms with Crippen LogP contribution in [0.25, 0.3) is 0 Å². The molecule has 0 heterocycles. The van der Waals surface area contributed by atoms with E-state index in [2.05, 4.69) is 10.6 Å². The second-order valence-electron chi connectivity index (χ2n) is 9.03. The van der Waals surface area contributed by atoms with Gasteiger partial charge in [-0.05, 0) is 30.2 Å². The average Bonchev–Trinajstić information content (AvgIpc) is 2.98. The lowest BCUT2D eigenvalue weighted by Crippen LogP contribution is -2.54. The number of aliphatic hydroxyl groups excluding tert-OH is 1. The zero-order valence-electron chi connectivity index (χ0n) is 22.1. The van der Waals surface area contributed by atoms with Gasteiger partial charge in [-0.3, -0.25) is 29.3 Å². The maximum atomic E-state index is 13.4. The summed E-state index contributed by atoms with van der Waals surface area (Å²) < 4.78 is 5.01. The second-order valence-corrected chi connectivity index (χ2v) is 9.03. The molecule has 0 bridgehead atoms. The number of nitrogens with one attached hydrogen (secondary N) is 2. The number of non-ortho nitro benzene ring substituents is 1. The molecule has 0 aromatic heterocycles. The fourth-order valence-corrected chi connectivity index (χ4v) is 4.25. The molecule has 4 atom stereocenters. The van der Waals surface area contributed by atoms with Crippen LogP contribution in [0.4, 0.5) is 5.69 Å². The molecule has 3 aromatic carbocycles. The number of hydrogen-bond donors (Lipinski definition) is 4. The van der Waals surface area contributed by atoms with Crippen LogP contribution < -0.4 is 16.4 Å². The summed E-state index contributed by atoms with van der Waals surface area (Å²) in [4.78, 5) is 61.7. The SMILES string of the molecule is CCOC(=O)C[C@H](c1ccc([N+](=O)[O-])cc1)[C@@H](NC(=O)[C@H](O)[C@@H](NC(=O)c1ccccc1)c1ccccc1)C(N)=O. The summed E-state index contributed by atoms with van der Waals surface area (Å²) in [6.45, 7) is 1.65. The molecule has 0 aliphatic heterocycles. The number of esters is 1. The minimum absolute atomic E-state index is 0.0536. The van der Waals surface area contributed by atoms with E-state index in [0.29, 0.717) is 16.7 Å². The number of ether oxygens (including phenoxy) is 1. The van der Waals surface area contributed by atoms with Gasteiger partial charge in [0.1, 0.15) is 6.04 Å². The lowest BCUT2D eigenvalue weighted by Gasteiger charge is -2.29. The number of nitrogens with zero attached hydrogens (tertiary/aromatic N) is 1. The number of nitro benzene ring substituents is 1. The van der Waals surface area contributed by atoms with E-state index in [1.54, 1.807) is 67.6 Å². The minimum atomic E-state index is -1.88. The first kappa shape index (κ1) is 30.4. The van der Waals surface area contributed by atoms with Crippen LogP contribution in [0, 0.1) is 10.1 Å². The van der Waals surface area contributed by atoms with Crippen LogP contribution >= 0.6 is 0 Å². The monoisotopic (exact) mass is 562 g/mol. The van der Waals surface area contributed by atoms with E-state index in [4.69, 9.17) is 10.5 Å². The van der Waals surface area contributed by atoms with Gasteiger partial charge in [0.05, 0.1) is 24.0 Å². The van der Waals surface area contributed by atoms with E-state index >= 15 is 0 Å². The highest BCUT2D eigenvalue weighted by atomic mass is 16.6. The van der Waals surface area contributed by atoms with E-state index in [1.807, 2.05) is 0 Å². The molecule has 3 amide bonds. The summed E-state index contributed by atoms with van der Waals surface area (Å²) in [5, 5.41) is 27.3. The Kier molecular flexibility index (Phi) is 10.6. The Bertz CT molecular complexity index is 1370. The molecule has 214 valence electrons. The molecule has 41 heavy (non-hydrogen) atoms. The Morgan fingerprint density at radius 2 is 1.49 bits per heavy atom.